The Balaban J connectivity index is 1.65. The largest absolute Gasteiger partial charge is 0.545 e. The molecule has 0 bridgehead atoms. The molecule has 138 valence electrons. The molecule has 0 amide bonds. The Kier molecular flexibility index (Phi) is 4.59. The average molecular weight is 392 g/mol. The van der Waals surface area contributed by atoms with Crippen molar-refractivity contribution in [1.29, 1.82) is 0 Å². The summed E-state index contributed by atoms with van der Waals surface area (Å²) in [7, 11) is 0. The summed E-state index contributed by atoms with van der Waals surface area (Å²) in [5.41, 5.74) is 1.47. The normalized spacial score (nSPS) is 14.8. The van der Waals surface area contributed by atoms with Gasteiger partial charge in [0.2, 0.25) is 0 Å². The minimum absolute atomic E-state index is 0.0289. The van der Waals surface area contributed by atoms with E-state index in [0.717, 1.165) is 5.56 Å². The van der Waals surface area contributed by atoms with Crippen LogP contribution < -0.4 is 5.11 Å². The first kappa shape index (κ1) is 17.8. The van der Waals surface area contributed by atoms with E-state index in [-0.39, 0.29) is 5.56 Å². The van der Waals surface area contributed by atoms with Crippen LogP contribution in [0.4, 0.5) is 0 Å². The topological polar surface area (TPSA) is 79.6 Å². The lowest BCUT2D eigenvalue weighted by Crippen LogP contribution is -2.22. The minimum Gasteiger partial charge on any atom is -0.545 e. The standard InChI is InChI=1S/C22H13ClO5/c23-15-7-5-13(6-8-15)20-12-14(22(26)28-20)11-16-9-10-19(27-16)17-3-1-2-4-18(17)21(24)25/h1-12H,(H,24,25)/p-1/b14-11-. The van der Waals surface area contributed by atoms with Crippen LogP contribution in [0.2, 0.25) is 5.02 Å². The molecule has 0 radical (unpaired) electrons. The number of carbonyl (C=O) groups is 2. The summed E-state index contributed by atoms with van der Waals surface area (Å²) in [5, 5.41) is 11.9. The van der Waals surface area contributed by atoms with Crippen molar-refractivity contribution in [1.82, 2.24) is 0 Å². The van der Waals surface area contributed by atoms with Gasteiger partial charge in [0.05, 0.1) is 11.5 Å². The Bertz CT molecular complexity index is 1140. The summed E-state index contributed by atoms with van der Waals surface area (Å²) in [6, 6.07) is 16.6. The summed E-state index contributed by atoms with van der Waals surface area (Å²) in [4.78, 5) is 23.4. The van der Waals surface area contributed by atoms with Gasteiger partial charge in [0.1, 0.15) is 17.3 Å². The predicted octanol–water partition coefficient (Wildman–Crippen LogP) is 3.94. The molecule has 1 aromatic heterocycles. The maximum Gasteiger partial charge on any atom is 0.343 e. The maximum absolute atomic E-state index is 12.2. The number of furan rings is 1. The summed E-state index contributed by atoms with van der Waals surface area (Å²) in [6.45, 7) is 0. The fraction of sp³-hybridized carbons (Fsp3) is 0. The SMILES string of the molecule is O=C1OC(c2ccc(Cl)cc2)=C/C1=C/c1ccc(-c2ccccc2C(=O)[O-])o1. The fourth-order valence-electron chi connectivity index (χ4n) is 2.85. The number of benzene rings is 2. The number of ether oxygens (including phenoxy) is 1. The highest BCUT2D eigenvalue weighted by atomic mass is 35.5. The summed E-state index contributed by atoms with van der Waals surface area (Å²) in [5.74, 6) is -0.620. The summed E-state index contributed by atoms with van der Waals surface area (Å²) < 4.78 is 11.0. The second-order valence-electron chi connectivity index (χ2n) is 6.04. The molecule has 0 atom stereocenters. The van der Waals surface area contributed by atoms with Crippen molar-refractivity contribution in [3.05, 3.63) is 94.2 Å². The molecule has 0 saturated carbocycles. The molecule has 0 N–H and O–H groups in total. The van der Waals surface area contributed by atoms with Crippen LogP contribution in [0.15, 0.2) is 76.7 Å². The van der Waals surface area contributed by atoms with Crippen molar-refractivity contribution >= 4 is 35.4 Å². The highest BCUT2D eigenvalue weighted by Crippen LogP contribution is 2.30. The quantitative estimate of drug-likeness (QED) is 0.497. The number of aromatic carboxylic acids is 1. The van der Waals surface area contributed by atoms with E-state index in [2.05, 4.69) is 0 Å². The number of carboxylic acids is 1. The van der Waals surface area contributed by atoms with Crippen molar-refractivity contribution in [3.63, 3.8) is 0 Å². The van der Waals surface area contributed by atoms with Crippen molar-refractivity contribution in [2.75, 3.05) is 0 Å². The highest BCUT2D eigenvalue weighted by molar-refractivity contribution is 6.30. The number of halogens is 1. The van der Waals surface area contributed by atoms with Crippen LogP contribution in [0.3, 0.4) is 0 Å². The fourth-order valence-corrected chi connectivity index (χ4v) is 2.98. The Morgan fingerprint density at radius 1 is 1.00 bits per heavy atom. The molecule has 6 heteroatoms. The van der Waals surface area contributed by atoms with Crippen LogP contribution in [0.25, 0.3) is 23.2 Å². The van der Waals surface area contributed by atoms with Gasteiger partial charge in [-0.05, 0) is 48.6 Å². The molecule has 28 heavy (non-hydrogen) atoms. The van der Waals surface area contributed by atoms with Crippen LogP contribution in [-0.4, -0.2) is 11.9 Å². The first-order chi connectivity index (χ1) is 13.5. The van der Waals surface area contributed by atoms with Crippen LogP contribution in [-0.2, 0) is 9.53 Å². The molecule has 0 unspecified atom stereocenters. The molecule has 5 nitrogen and oxygen atoms in total. The molecule has 0 spiro atoms. The molecule has 0 saturated heterocycles. The van der Waals surface area contributed by atoms with E-state index >= 15 is 0 Å². The second-order valence-corrected chi connectivity index (χ2v) is 6.48. The third-order valence-corrected chi connectivity index (χ3v) is 4.44. The number of rotatable bonds is 4. The average Bonchev–Trinajstić information content (AvgIpc) is 3.30. The minimum atomic E-state index is -1.29. The van der Waals surface area contributed by atoms with Gasteiger partial charge in [-0.3, -0.25) is 0 Å². The number of esters is 1. The van der Waals surface area contributed by atoms with E-state index in [9.17, 15) is 14.7 Å². The maximum atomic E-state index is 12.2. The molecule has 2 aromatic carbocycles. The van der Waals surface area contributed by atoms with Crippen LogP contribution >= 0.6 is 11.6 Å². The van der Waals surface area contributed by atoms with Crippen LogP contribution in [0.5, 0.6) is 0 Å². The zero-order valence-corrected chi connectivity index (χ0v) is 15.1. The van der Waals surface area contributed by atoms with E-state index in [1.165, 1.54) is 12.1 Å². The molecule has 3 aromatic rings. The van der Waals surface area contributed by atoms with E-state index < -0.39 is 11.9 Å². The van der Waals surface area contributed by atoms with Crippen LogP contribution in [0, 0.1) is 0 Å². The zero-order chi connectivity index (χ0) is 19.7. The van der Waals surface area contributed by atoms with Crippen molar-refractivity contribution in [2.24, 2.45) is 0 Å². The van der Waals surface area contributed by atoms with E-state index in [4.69, 9.17) is 20.8 Å². The third kappa shape index (κ3) is 3.48. The predicted molar refractivity (Wildman–Crippen MR) is 102 cm³/mol. The van der Waals surface area contributed by atoms with Gasteiger partial charge in [-0.1, -0.05) is 35.9 Å². The second kappa shape index (κ2) is 7.21. The Morgan fingerprint density at radius 3 is 2.50 bits per heavy atom. The van der Waals surface area contributed by atoms with E-state index in [1.54, 1.807) is 60.7 Å². The van der Waals surface area contributed by atoms with Crippen molar-refractivity contribution in [3.8, 4) is 11.3 Å². The van der Waals surface area contributed by atoms with Gasteiger partial charge in [-0.2, -0.15) is 0 Å². The molecule has 4 rings (SSSR count). The summed E-state index contributed by atoms with van der Waals surface area (Å²) in [6.07, 6.45) is 3.15. The van der Waals surface area contributed by atoms with E-state index in [1.807, 2.05) is 0 Å². The number of hydrogen-bond donors (Lipinski definition) is 0. The van der Waals surface area contributed by atoms with Gasteiger partial charge in [-0.15, -0.1) is 0 Å². The first-order valence-electron chi connectivity index (χ1n) is 8.33. The van der Waals surface area contributed by atoms with Gasteiger partial charge in [0.15, 0.2) is 0 Å². The van der Waals surface area contributed by atoms with Crippen molar-refractivity contribution in [2.45, 2.75) is 0 Å². The molecule has 2 heterocycles. The molecular weight excluding hydrogens is 380 g/mol. The molecular formula is C22H12ClO5-. The molecule has 1 aliphatic rings. The highest BCUT2D eigenvalue weighted by Gasteiger charge is 2.22. The number of carboxylic acid groups (broad SMARTS) is 1. The number of cyclic esters (lactones) is 1. The van der Waals surface area contributed by atoms with E-state index in [0.29, 0.717) is 33.4 Å². The van der Waals surface area contributed by atoms with Gasteiger partial charge >= 0.3 is 5.97 Å². The lowest BCUT2D eigenvalue weighted by Gasteiger charge is -2.07. The molecule has 0 aliphatic carbocycles. The third-order valence-electron chi connectivity index (χ3n) is 4.19. The number of carbonyl (C=O) groups excluding carboxylic acids is 2. The van der Waals surface area contributed by atoms with Gasteiger partial charge in [0.25, 0.3) is 0 Å². The Hall–Kier alpha value is -3.57. The van der Waals surface area contributed by atoms with Gasteiger partial charge < -0.3 is 19.1 Å². The molecule has 1 aliphatic heterocycles. The monoisotopic (exact) mass is 391 g/mol. The Morgan fingerprint density at radius 2 is 1.75 bits per heavy atom. The molecule has 0 fully saturated rings. The van der Waals surface area contributed by atoms with Crippen LogP contribution in [0.1, 0.15) is 21.7 Å². The van der Waals surface area contributed by atoms with Gasteiger partial charge in [0, 0.05) is 21.7 Å². The zero-order valence-electron chi connectivity index (χ0n) is 14.3. The first-order valence-corrected chi connectivity index (χ1v) is 8.71. The number of hydrogen-bond acceptors (Lipinski definition) is 5. The smallest absolute Gasteiger partial charge is 0.343 e. The lowest BCUT2D eigenvalue weighted by atomic mass is 10.1. The van der Waals surface area contributed by atoms with Crippen molar-refractivity contribution < 1.29 is 23.8 Å². The Labute approximate surface area is 165 Å². The lowest BCUT2D eigenvalue weighted by molar-refractivity contribution is -0.254. The van der Waals surface area contributed by atoms with Gasteiger partial charge in [-0.25, -0.2) is 4.79 Å². The summed E-state index contributed by atoms with van der Waals surface area (Å²) >= 11 is 5.87.